The van der Waals surface area contributed by atoms with Crippen LogP contribution in [0.4, 0.5) is 0 Å². The number of rotatable bonds is 4. The first-order chi connectivity index (χ1) is 37.3. The van der Waals surface area contributed by atoms with E-state index in [4.69, 9.17) is 24.7 Å². The van der Waals surface area contributed by atoms with Gasteiger partial charge in [0.05, 0.1) is 41.1 Å². The minimum absolute atomic E-state index is 0.460. The van der Waals surface area contributed by atoms with Gasteiger partial charge in [-0.1, -0.05) is 175 Å². The van der Waals surface area contributed by atoms with Crippen LogP contribution in [0, 0.1) is 0 Å². The van der Waals surface area contributed by atoms with Crippen molar-refractivity contribution in [1.29, 1.82) is 0 Å². The maximum atomic E-state index is 9.71. The van der Waals surface area contributed by atoms with Gasteiger partial charge < -0.3 is 0 Å². The molecule has 0 fully saturated rings. The second kappa shape index (κ2) is 11.6. The summed E-state index contributed by atoms with van der Waals surface area (Å²) in [5.74, 6) is 0. The predicted octanol–water partition coefficient (Wildman–Crippen LogP) is 14.1. The van der Waals surface area contributed by atoms with E-state index in [2.05, 4.69) is 0 Å². The summed E-state index contributed by atoms with van der Waals surface area (Å²) in [5, 5.41) is -5.77. The van der Waals surface area contributed by atoms with E-state index in [9.17, 15) is 16.4 Å². The van der Waals surface area contributed by atoms with Gasteiger partial charge in [-0.2, -0.15) is 0 Å². The van der Waals surface area contributed by atoms with Gasteiger partial charge in [0, 0.05) is 0 Å². The third kappa shape index (κ3) is 4.61. The van der Waals surface area contributed by atoms with Gasteiger partial charge in [-0.15, -0.1) is 0 Å². The smallest absolute Gasteiger partial charge is 0.0622 e. The molecule has 0 aliphatic heterocycles. The van der Waals surface area contributed by atoms with Crippen molar-refractivity contribution in [3.8, 4) is 44.5 Å². The lowest BCUT2D eigenvalue weighted by atomic mass is 9.85. The Morgan fingerprint density at radius 3 is 1.58 bits per heavy atom. The molecule has 0 saturated carbocycles. The zero-order valence-electron chi connectivity index (χ0n) is 55.2. The van der Waals surface area contributed by atoms with Crippen molar-refractivity contribution in [3.63, 3.8) is 0 Å². The number of hydrogen-bond acceptors (Lipinski definition) is 0. The molecule has 0 nitrogen and oxygen atoms in total. The van der Waals surface area contributed by atoms with Crippen LogP contribution in [0.2, 0.25) is 0 Å². The van der Waals surface area contributed by atoms with Crippen LogP contribution < -0.4 is 0 Å². The van der Waals surface area contributed by atoms with Crippen molar-refractivity contribution in [1.82, 2.24) is 0 Å². The van der Waals surface area contributed by atoms with Gasteiger partial charge in [0.15, 0.2) is 0 Å². The van der Waals surface area contributed by atoms with Crippen LogP contribution in [-0.2, 0) is 0 Å². The van der Waals surface area contributed by atoms with Crippen LogP contribution in [0.25, 0.3) is 98.4 Å². The Morgan fingerprint density at radius 2 is 0.800 bits per heavy atom. The normalized spacial score (nSPS) is 20.0. The predicted molar refractivity (Wildman–Crippen MR) is 216 cm³/mol. The monoisotopic (exact) mass is 662 g/mol. The molecular formula is C50H32. The Labute approximate surface area is 333 Å². The molecule has 0 unspecified atom stereocenters. The summed E-state index contributed by atoms with van der Waals surface area (Å²) in [4.78, 5) is 0. The first-order valence-corrected chi connectivity index (χ1v) is 14.9. The molecule has 0 aliphatic rings. The Hall–Kier alpha value is -6.50. The summed E-state index contributed by atoms with van der Waals surface area (Å²) < 4.78 is 269. The molecular weight excluding hydrogens is 601 g/mol. The summed E-state index contributed by atoms with van der Waals surface area (Å²) in [5.41, 5.74) is -5.17. The fraction of sp³-hybridized carbons (Fsp3) is 0. The summed E-state index contributed by atoms with van der Waals surface area (Å²) >= 11 is 0. The molecule has 50 heavy (non-hydrogen) atoms. The zero-order chi connectivity index (χ0) is 59.1. The minimum atomic E-state index is -1.01. The molecule has 0 spiro atoms. The zero-order valence-corrected chi connectivity index (χ0v) is 25.2. The fourth-order valence-corrected chi connectivity index (χ4v) is 5.98. The maximum Gasteiger partial charge on any atom is 0.0636 e. The van der Waals surface area contributed by atoms with Gasteiger partial charge >= 0.3 is 0 Å². The molecule has 0 radical (unpaired) electrons. The number of benzene rings is 10. The summed E-state index contributed by atoms with van der Waals surface area (Å²) in [6, 6.07) is -24.5. The van der Waals surface area contributed by atoms with Crippen molar-refractivity contribution < 1.29 is 41.1 Å². The van der Waals surface area contributed by atoms with Gasteiger partial charge in [0.1, 0.15) is 0 Å². The van der Waals surface area contributed by atoms with Crippen LogP contribution in [-0.4, -0.2) is 0 Å². The quantitative estimate of drug-likeness (QED) is 0.130. The van der Waals surface area contributed by atoms with Gasteiger partial charge in [-0.25, -0.2) is 0 Å². The third-order valence-corrected chi connectivity index (χ3v) is 8.15. The topological polar surface area (TPSA) is 0 Å². The van der Waals surface area contributed by atoms with Gasteiger partial charge in [-0.05, 0) is 116 Å². The molecule has 0 N–H and O–H groups in total. The lowest BCUT2D eigenvalue weighted by Crippen LogP contribution is -1.91. The van der Waals surface area contributed by atoms with Crippen LogP contribution in [0.15, 0.2) is 193 Å². The van der Waals surface area contributed by atoms with Crippen LogP contribution >= 0.6 is 0 Å². The summed E-state index contributed by atoms with van der Waals surface area (Å²) in [6.07, 6.45) is 0. The molecule has 0 aromatic heterocycles. The number of hydrogen-bond donors (Lipinski definition) is 0. The molecule has 0 amide bonds. The molecule has 0 atom stereocenters. The Bertz CT molecular complexity index is 4610. The summed E-state index contributed by atoms with van der Waals surface area (Å²) in [6.45, 7) is 0. The molecule has 10 rings (SSSR count). The van der Waals surface area contributed by atoms with Crippen molar-refractivity contribution >= 4 is 53.9 Å². The van der Waals surface area contributed by atoms with Gasteiger partial charge in [-0.3, -0.25) is 0 Å². The molecule has 0 heteroatoms. The molecule has 0 aliphatic carbocycles. The molecule has 0 saturated heterocycles. The molecule has 0 heterocycles. The van der Waals surface area contributed by atoms with Gasteiger partial charge in [0.25, 0.3) is 0 Å². The minimum Gasteiger partial charge on any atom is -0.0622 e. The second-order valence-electron chi connectivity index (χ2n) is 10.9. The van der Waals surface area contributed by atoms with E-state index in [0.29, 0.717) is 0 Å². The molecule has 232 valence electrons. The Morgan fingerprint density at radius 1 is 0.260 bits per heavy atom. The van der Waals surface area contributed by atoms with Crippen molar-refractivity contribution in [2.45, 2.75) is 0 Å². The molecule has 10 aromatic carbocycles. The largest absolute Gasteiger partial charge is 0.0636 e. The number of fused-ring (bicyclic) bond motifs is 6. The fourth-order valence-electron chi connectivity index (χ4n) is 5.98. The van der Waals surface area contributed by atoms with E-state index in [0.717, 1.165) is 12.1 Å². The highest BCUT2D eigenvalue weighted by molar-refractivity contribution is 6.22. The van der Waals surface area contributed by atoms with Gasteiger partial charge in [0.2, 0.25) is 0 Å². The highest BCUT2D eigenvalue weighted by Crippen LogP contribution is 2.45. The van der Waals surface area contributed by atoms with Crippen LogP contribution in [0.1, 0.15) is 41.1 Å². The lowest BCUT2D eigenvalue weighted by molar-refractivity contribution is 1.63. The first-order valence-electron chi connectivity index (χ1n) is 29.9. The van der Waals surface area contributed by atoms with Crippen molar-refractivity contribution in [3.05, 3.63) is 193 Å². The summed E-state index contributed by atoms with van der Waals surface area (Å²) in [7, 11) is 0. The third-order valence-electron chi connectivity index (χ3n) is 8.15. The van der Waals surface area contributed by atoms with Crippen LogP contribution in [0.5, 0.6) is 0 Å². The standard InChI is InChI=1S/C50H32/c1-2-12-33(13-3-1)36-26-27-38-31-40(29-28-37(38)30-36)50-46-20-10-8-18-44(46)49(45-19-9-11-21-47(45)50)35-24-22-34(23-25-35)48-32-39-14-4-5-15-41(39)42-16-6-7-17-43(42)48/h1-32H/i1D,2D,3D,4D,5D,6D,7D,8D,9D,10D,11D,12D,13D,14D,15D,16D,17D,18D,20D,21D,22D,24D,25D,26D,27D,28D,29D,30D,31D,32D. The SMILES string of the molecule is [2H]c1cc2c(-c3c([2H])cc(-c4c([2H])c5c([2H])c([2H])c([2H])c([2H])c5c5c([2H])c([2H])c([2H])c([2H])c45)c([2H])c3[2H])c3c([2H])c([2H])c([2H])c([2H])c3c(-c3c([2H])c([2H])c4c([2H])c(-c5c([2H])c([2H])c([2H])c([2H])c5[2H])c([2H])c([2H])c4c3[2H])c2c([2H])c1[2H]. The lowest BCUT2D eigenvalue weighted by Gasteiger charge is -2.18. The van der Waals surface area contributed by atoms with E-state index < -0.39 is 280 Å². The maximum absolute atomic E-state index is 9.71. The van der Waals surface area contributed by atoms with E-state index in [1.54, 1.807) is 0 Å². The van der Waals surface area contributed by atoms with Crippen LogP contribution in [0.3, 0.4) is 0 Å². The Kier molecular flexibility index (Phi) is 2.67. The average molecular weight is 663 g/mol. The van der Waals surface area contributed by atoms with E-state index in [1.807, 2.05) is 0 Å². The van der Waals surface area contributed by atoms with Crippen molar-refractivity contribution in [2.24, 2.45) is 0 Å². The first kappa shape index (κ1) is 11.5. The van der Waals surface area contributed by atoms with Crippen molar-refractivity contribution in [2.75, 3.05) is 0 Å². The highest BCUT2D eigenvalue weighted by Gasteiger charge is 2.17. The van der Waals surface area contributed by atoms with E-state index in [-0.39, 0.29) is 0 Å². The highest BCUT2D eigenvalue weighted by atomic mass is 14.2. The van der Waals surface area contributed by atoms with E-state index >= 15 is 0 Å². The Balaban J connectivity index is 1.39. The molecule has 10 aromatic rings. The molecule has 0 bridgehead atoms. The van der Waals surface area contributed by atoms with E-state index in [1.165, 1.54) is 0 Å². The second-order valence-corrected chi connectivity index (χ2v) is 10.9. The average Bonchev–Trinajstić information content (AvgIpc) is 3.58.